The minimum absolute atomic E-state index is 0.255. The van der Waals surface area contributed by atoms with Crippen LogP contribution < -0.4 is 0 Å². The number of halogens is 2. The number of carbonyl (C=O) groups is 1. The molecule has 0 atom stereocenters. The van der Waals surface area contributed by atoms with Crippen molar-refractivity contribution in [2.24, 2.45) is 0 Å². The van der Waals surface area contributed by atoms with E-state index in [0.29, 0.717) is 5.76 Å². The smallest absolute Gasteiger partial charge is 0.257 e. The summed E-state index contributed by atoms with van der Waals surface area (Å²) in [6.07, 6.45) is 2.57. The first-order valence-corrected chi connectivity index (χ1v) is 5.59. The molecule has 0 spiro atoms. The fourth-order valence-corrected chi connectivity index (χ4v) is 1.69. The van der Waals surface area contributed by atoms with Crippen LogP contribution in [0.2, 0.25) is 0 Å². The van der Waals surface area contributed by atoms with E-state index >= 15 is 0 Å². The highest BCUT2D eigenvalue weighted by molar-refractivity contribution is 5.94. The molecular weight excluding hydrogens is 254 g/mol. The molecule has 100 valence electrons. The van der Waals surface area contributed by atoms with Crippen molar-refractivity contribution in [2.45, 2.75) is 13.5 Å². The molecule has 2 rings (SSSR count). The van der Waals surface area contributed by atoms with Crippen molar-refractivity contribution in [2.75, 3.05) is 7.05 Å². The number of rotatable bonds is 3. The average Bonchev–Trinajstić information content (AvgIpc) is 2.77. The zero-order chi connectivity index (χ0) is 14.0. The van der Waals surface area contributed by atoms with Gasteiger partial charge in [0.1, 0.15) is 5.76 Å². The monoisotopic (exact) mass is 266 g/mol. The molecule has 2 aromatic rings. The summed E-state index contributed by atoms with van der Waals surface area (Å²) in [6.45, 7) is 2.02. The molecule has 0 radical (unpaired) electrons. The second kappa shape index (κ2) is 5.17. The molecule has 1 amide bonds. The summed E-state index contributed by atoms with van der Waals surface area (Å²) in [4.78, 5) is 16.4. The minimum atomic E-state index is -1.28. The Balaban J connectivity index is 2.20. The summed E-state index contributed by atoms with van der Waals surface area (Å²) >= 11 is 0. The van der Waals surface area contributed by atoms with Gasteiger partial charge in [0.05, 0.1) is 11.8 Å². The number of pyridine rings is 1. The van der Waals surface area contributed by atoms with Crippen molar-refractivity contribution in [3.05, 3.63) is 53.2 Å². The van der Waals surface area contributed by atoms with E-state index in [0.717, 1.165) is 17.8 Å². The Morgan fingerprint density at radius 2 is 2.16 bits per heavy atom. The van der Waals surface area contributed by atoms with E-state index in [2.05, 4.69) is 4.98 Å². The molecule has 6 heteroatoms. The fourth-order valence-electron chi connectivity index (χ4n) is 1.69. The number of aryl methyl sites for hydroxylation is 1. The number of carbonyl (C=O) groups excluding carboxylic acids is 1. The zero-order valence-electron chi connectivity index (χ0n) is 10.5. The molecule has 0 unspecified atom stereocenters. The maximum absolute atomic E-state index is 13.5. The van der Waals surface area contributed by atoms with Crippen LogP contribution in [-0.4, -0.2) is 22.8 Å². The van der Waals surface area contributed by atoms with Crippen LogP contribution >= 0.6 is 0 Å². The predicted molar refractivity (Wildman–Crippen MR) is 63.4 cm³/mol. The van der Waals surface area contributed by atoms with Crippen LogP contribution in [0.1, 0.15) is 21.7 Å². The lowest BCUT2D eigenvalue weighted by atomic mass is 10.2. The Kier molecular flexibility index (Phi) is 3.59. The normalized spacial score (nSPS) is 10.5. The number of hydrogen-bond acceptors (Lipinski definition) is 3. The Hall–Kier alpha value is -2.24. The van der Waals surface area contributed by atoms with E-state index in [1.807, 2.05) is 0 Å². The Bertz CT molecular complexity index is 610. The van der Waals surface area contributed by atoms with Crippen molar-refractivity contribution in [1.82, 2.24) is 9.88 Å². The molecule has 4 nitrogen and oxygen atoms in total. The highest BCUT2D eigenvalue weighted by atomic mass is 19.2. The lowest BCUT2D eigenvalue weighted by molar-refractivity contribution is 0.0778. The Morgan fingerprint density at radius 3 is 2.79 bits per heavy atom. The summed E-state index contributed by atoms with van der Waals surface area (Å²) in [6, 6.07) is 2.88. The van der Waals surface area contributed by atoms with E-state index in [1.54, 1.807) is 13.0 Å². The van der Waals surface area contributed by atoms with Gasteiger partial charge in [-0.2, -0.15) is 4.39 Å². The van der Waals surface area contributed by atoms with Crippen molar-refractivity contribution in [3.8, 4) is 0 Å². The van der Waals surface area contributed by atoms with E-state index in [1.165, 1.54) is 18.2 Å². The van der Waals surface area contributed by atoms with Crippen molar-refractivity contribution >= 4 is 5.91 Å². The van der Waals surface area contributed by atoms with Gasteiger partial charge in [0.15, 0.2) is 5.82 Å². The van der Waals surface area contributed by atoms with Crippen LogP contribution in [0.5, 0.6) is 0 Å². The van der Waals surface area contributed by atoms with E-state index in [9.17, 15) is 13.6 Å². The van der Waals surface area contributed by atoms with Gasteiger partial charge in [-0.3, -0.25) is 4.79 Å². The standard InChI is InChI=1S/C13H12F2N2O2/c1-8-9(4-6-19-8)7-17(2)13(18)10-3-5-16-12(15)11(10)14/h3-6H,7H2,1-2H3. The third-order valence-corrected chi connectivity index (χ3v) is 2.80. The Morgan fingerprint density at radius 1 is 1.42 bits per heavy atom. The number of furan rings is 1. The van der Waals surface area contributed by atoms with Crippen LogP contribution in [0.3, 0.4) is 0 Å². The number of amides is 1. The highest BCUT2D eigenvalue weighted by Gasteiger charge is 2.20. The summed E-state index contributed by atoms with van der Waals surface area (Å²) in [5.74, 6) is -2.44. The highest BCUT2D eigenvalue weighted by Crippen LogP contribution is 2.15. The number of aromatic nitrogens is 1. The molecule has 0 aliphatic carbocycles. The topological polar surface area (TPSA) is 46.3 Å². The van der Waals surface area contributed by atoms with E-state index in [-0.39, 0.29) is 12.1 Å². The zero-order valence-corrected chi connectivity index (χ0v) is 10.5. The maximum atomic E-state index is 13.5. The molecule has 0 aliphatic heterocycles. The molecule has 2 aromatic heterocycles. The first-order valence-electron chi connectivity index (χ1n) is 5.59. The van der Waals surface area contributed by atoms with Crippen molar-refractivity contribution in [1.29, 1.82) is 0 Å². The summed E-state index contributed by atoms with van der Waals surface area (Å²) < 4.78 is 31.6. The van der Waals surface area contributed by atoms with Gasteiger partial charge < -0.3 is 9.32 Å². The molecule has 19 heavy (non-hydrogen) atoms. The lowest BCUT2D eigenvalue weighted by Crippen LogP contribution is -2.27. The molecule has 0 saturated heterocycles. The van der Waals surface area contributed by atoms with Crippen LogP contribution in [-0.2, 0) is 6.54 Å². The van der Waals surface area contributed by atoms with Crippen LogP contribution in [0, 0.1) is 18.7 Å². The number of nitrogens with zero attached hydrogens (tertiary/aromatic N) is 2. The molecule has 0 saturated carbocycles. The molecule has 0 aliphatic rings. The largest absolute Gasteiger partial charge is 0.469 e. The van der Waals surface area contributed by atoms with Crippen molar-refractivity contribution in [3.63, 3.8) is 0 Å². The van der Waals surface area contributed by atoms with Gasteiger partial charge in [0, 0.05) is 25.4 Å². The second-order valence-corrected chi connectivity index (χ2v) is 4.13. The second-order valence-electron chi connectivity index (χ2n) is 4.13. The maximum Gasteiger partial charge on any atom is 0.257 e. The summed E-state index contributed by atoms with van der Waals surface area (Å²) in [5, 5.41) is 0. The predicted octanol–water partition coefficient (Wildman–Crippen LogP) is 2.53. The molecular formula is C13H12F2N2O2. The van der Waals surface area contributed by atoms with Crippen LogP contribution in [0.4, 0.5) is 8.78 Å². The third kappa shape index (κ3) is 2.62. The quantitative estimate of drug-likeness (QED) is 0.802. The number of hydrogen-bond donors (Lipinski definition) is 0. The van der Waals surface area contributed by atoms with Gasteiger partial charge in [0.25, 0.3) is 5.91 Å². The molecule has 0 bridgehead atoms. The van der Waals surface area contributed by atoms with Crippen LogP contribution in [0.15, 0.2) is 29.0 Å². The first kappa shape index (κ1) is 13.2. The summed E-state index contributed by atoms with van der Waals surface area (Å²) in [7, 11) is 1.51. The van der Waals surface area contributed by atoms with Gasteiger partial charge in [-0.05, 0) is 19.1 Å². The van der Waals surface area contributed by atoms with Gasteiger partial charge in [-0.15, -0.1) is 0 Å². The van der Waals surface area contributed by atoms with Crippen molar-refractivity contribution < 1.29 is 18.0 Å². The van der Waals surface area contributed by atoms with Gasteiger partial charge in [0.2, 0.25) is 5.95 Å². The SMILES string of the molecule is Cc1occc1CN(C)C(=O)c1ccnc(F)c1F. The summed E-state index contributed by atoms with van der Waals surface area (Å²) in [5.41, 5.74) is 0.474. The Labute approximate surface area is 108 Å². The third-order valence-electron chi connectivity index (χ3n) is 2.80. The van der Waals surface area contributed by atoms with Crippen LogP contribution in [0.25, 0.3) is 0 Å². The average molecular weight is 266 g/mol. The molecule has 0 fully saturated rings. The lowest BCUT2D eigenvalue weighted by Gasteiger charge is -2.17. The van der Waals surface area contributed by atoms with E-state index < -0.39 is 17.7 Å². The van der Waals surface area contributed by atoms with Gasteiger partial charge in [-0.1, -0.05) is 0 Å². The molecule has 0 aromatic carbocycles. The molecule has 2 heterocycles. The first-order chi connectivity index (χ1) is 9.00. The van der Waals surface area contributed by atoms with Gasteiger partial charge >= 0.3 is 0 Å². The van der Waals surface area contributed by atoms with Gasteiger partial charge in [-0.25, -0.2) is 9.37 Å². The molecule has 0 N–H and O–H groups in total. The van der Waals surface area contributed by atoms with E-state index in [4.69, 9.17) is 4.42 Å². The fraction of sp³-hybridized carbons (Fsp3) is 0.231. The minimum Gasteiger partial charge on any atom is -0.469 e.